The van der Waals surface area contributed by atoms with Crippen LogP contribution in [0.3, 0.4) is 0 Å². The number of carbonyl (C=O) groups excluding carboxylic acids is 1. The topological polar surface area (TPSA) is 98.5 Å². The molecule has 118 valence electrons. The molecule has 1 aromatic carbocycles. The summed E-state index contributed by atoms with van der Waals surface area (Å²) in [5.74, 6) is -0.530. The second kappa shape index (κ2) is 8.11. The third-order valence-corrected chi connectivity index (χ3v) is 4.51. The van der Waals surface area contributed by atoms with Crippen LogP contribution in [-0.4, -0.2) is 34.1 Å². The molecule has 0 aromatic heterocycles. The van der Waals surface area contributed by atoms with Gasteiger partial charge in [0.25, 0.3) is 0 Å². The van der Waals surface area contributed by atoms with Gasteiger partial charge in [0.1, 0.15) is 0 Å². The van der Waals surface area contributed by atoms with E-state index in [4.69, 9.17) is 10.5 Å². The number of nitrogens with one attached hydrogen (secondary N) is 1. The summed E-state index contributed by atoms with van der Waals surface area (Å²) >= 11 is 0. The normalized spacial score (nSPS) is 11.4. The number of rotatable bonds is 8. The number of ether oxygens (including phenoxy) is 1. The van der Waals surface area contributed by atoms with Crippen LogP contribution in [-0.2, 0) is 14.8 Å². The lowest BCUT2D eigenvalue weighted by molar-refractivity contribution is 0.0526. The van der Waals surface area contributed by atoms with Crippen molar-refractivity contribution in [2.75, 3.05) is 19.7 Å². The van der Waals surface area contributed by atoms with Gasteiger partial charge in [-0.05, 0) is 50.9 Å². The maximum absolute atomic E-state index is 12.3. The van der Waals surface area contributed by atoms with Crippen LogP contribution in [0.4, 0.5) is 0 Å². The Kier molecular flexibility index (Phi) is 6.80. The number of aryl methyl sites for hydroxylation is 1. The largest absolute Gasteiger partial charge is 0.462 e. The molecule has 0 aliphatic rings. The van der Waals surface area contributed by atoms with Crippen LogP contribution in [0.25, 0.3) is 0 Å². The van der Waals surface area contributed by atoms with Gasteiger partial charge in [-0.25, -0.2) is 17.9 Å². The molecule has 7 heteroatoms. The van der Waals surface area contributed by atoms with Crippen molar-refractivity contribution in [3.05, 3.63) is 29.3 Å². The fraction of sp³-hybridized carbons (Fsp3) is 0.500. The SMILES string of the molecule is CCOC(=O)c1ccc(C)c(S(=O)(=O)NCCCCN)c1. The lowest BCUT2D eigenvalue weighted by atomic mass is 10.1. The minimum Gasteiger partial charge on any atom is -0.462 e. The Bertz CT molecular complexity index is 585. The van der Waals surface area contributed by atoms with E-state index in [1.54, 1.807) is 26.0 Å². The molecule has 6 nitrogen and oxygen atoms in total. The Labute approximate surface area is 125 Å². The van der Waals surface area contributed by atoms with Crippen LogP contribution >= 0.6 is 0 Å². The number of unbranched alkanes of at least 4 members (excludes halogenated alkanes) is 1. The van der Waals surface area contributed by atoms with Crippen molar-refractivity contribution in [3.63, 3.8) is 0 Å². The first-order chi connectivity index (χ1) is 9.92. The Morgan fingerprint density at radius 2 is 2.05 bits per heavy atom. The van der Waals surface area contributed by atoms with Gasteiger partial charge in [-0.3, -0.25) is 0 Å². The first kappa shape index (κ1) is 17.6. The molecule has 0 amide bonds. The van der Waals surface area contributed by atoms with E-state index in [2.05, 4.69) is 4.72 Å². The quantitative estimate of drug-likeness (QED) is 0.555. The Morgan fingerprint density at radius 1 is 1.33 bits per heavy atom. The van der Waals surface area contributed by atoms with Gasteiger partial charge in [-0.2, -0.15) is 0 Å². The average molecular weight is 314 g/mol. The highest BCUT2D eigenvalue weighted by Gasteiger charge is 2.19. The van der Waals surface area contributed by atoms with Gasteiger partial charge >= 0.3 is 5.97 Å². The molecule has 0 fully saturated rings. The molecule has 0 saturated carbocycles. The lowest BCUT2D eigenvalue weighted by Crippen LogP contribution is -2.26. The standard InChI is InChI=1S/C14H22N2O4S/c1-3-20-14(17)12-7-6-11(2)13(10-12)21(18,19)16-9-5-4-8-15/h6-7,10,16H,3-5,8-9,15H2,1-2H3. The monoisotopic (exact) mass is 314 g/mol. The second-order valence-electron chi connectivity index (χ2n) is 4.59. The molecule has 0 unspecified atom stereocenters. The van der Waals surface area contributed by atoms with Crippen LogP contribution < -0.4 is 10.5 Å². The zero-order valence-electron chi connectivity index (χ0n) is 12.4. The van der Waals surface area contributed by atoms with Crippen LogP contribution in [0.1, 0.15) is 35.7 Å². The van der Waals surface area contributed by atoms with Gasteiger partial charge in [-0.1, -0.05) is 6.07 Å². The third-order valence-electron chi connectivity index (χ3n) is 2.91. The fourth-order valence-corrected chi connectivity index (χ4v) is 3.13. The van der Waals surface area contributed by atoms with E-state index in [1.807, 2.05) is 0 Å². The summed E-state index contributed by atoms with van der Waals surface area (Å²) in [7, 11) is -3.64. The summed E-state index contributed by atoms with van der Waals surface area (Å²) in [4.78, 5) is 11.8. The molecule has 0 atom stereocenters. The van der Waals surface area contributed by atoms with E-state index in [-0.39, 0.29) is 17.1 Å². The molecule has 21 heavy (non-hydrogen) atoms. The predicted octanol–water partition coefficient (Wildman–Crippen LogP) is 1.19. The Balaban J connectivity index is 2.94. The highest BCUT2D eigenvalue weighted by atomic mass is 32.2. The first-order valence-corrected chi connectivity index (χ1v) is 8.38. The Hall–Kier alpha value is -1.44. The molecule has 3 N–H and O–H groups in total. The lowest BCUT2D eigenvalue weighted by Gasteiger charge is -2.11. The third kappa shape index (κ3) is 5.11. The van der Waals surface area contributed by atoms with Crippen LogP contribution in [0, 0.1) is 6.92 Å². The van der Waals surface area contributed by atoms with Crippen molar-refractivity contribution in [2.24, 2.45) is 5.73 Å². The molecular weight excluding hydrogens is 292 g/mol. The van der Waals surface area contributed by atoms with Crippen molar-refractivity contribution in [3.8, 4) is 0 Å². The number of hydrogen-bond acceptors (Lipinski definition) is 5. The minimum absolute atomic E-state index is 0.0980. The molecule has 0 aliphatic heterocycles. The van der Waals surface area contributed by atoms with Gasteiger partial charge in [0.05, 0.1) is 17.1 Å². The summed E-state index contributed by atoms with van der Waals surface area (Å²) in [6.07, 6.45) is 1.43. The summed E-state index contributed by atoms with van der Waals surface area (Å²) in [6.45, 7) is 4.47. The zero-order chi connectivity index (χ0) is 15.9. The van der Waals surface area contributed by atoms with Crippen molar-refractivity contribution in [2.45, 2.75) is 31.6 Å². The number of benzene rings is 1. The average Bonchev–Trinajstić information content (AvgIpc) is 2.44. The molecular formula is C14H22N2O4S. The summed E-state index contributed by atoms with van der Waals surface area (Å²) in [6, 6.07) is 4.50. The highest BCUT2D eigenvalue weighted by molar-refractivity contribution is 7.89. The van der Waals surface area contributed by atoms with Crippen molar-refractivity contribution >= 4 is 16.0 Å². The number of nitrogens with two attached hydrogens (primary N) is 1. The van der Waals surface area contributed by atoms with Gasteiger partial charge in [-0.15, -0.1) is 0 Å². The smallest absolute Gasteiger partial charge is 0.338 e. The van der Waals surface area contributed by atoms with Gasteiger partial charge < -0.3 is 10.5 Å². The van der Waals surface area contributed by atoms with E-state index in [9.17, 15) is 13.2 Å². The molecule has 1 rings (SSSR count). The maximum atomic E-state index is 12.3. The van der Waals surface area contributed by atoms with E-state index < -0.39 is 16.0 Å². The fourth-order valence-electron chi connectivity index (χ4n) is 1.78. The molecule has 1 aromatic rings. The van der Waals surface area contributed by atoms with Crippen LogP contribution in [0.5, 0.6) is 0 Å². The minimum atomic E-state index is -3.64. The highest BCUT2D eigenvalue weighted by Crippen LogP contribution is 2.17. The molecule has 0 bridgehead atoms. The van der Waals surface area contributed by atoms with Crippen molar-refractivity contribution < 1.29 is 17.9 Å². The van der Waals surface area contributed by atoms with E-state index in [1.165, 1.54) is 6.07 Å². The molecule has 0 spiro atoms. The van der Waals surface area contributed by atoms with E-state index in [0.717, 1.165) is 6.42 Å². The van der Waals surface area contributed by atoms with E-state index in [0.29, 0.717) is 25.1 Å². The number of sulfonamides is 1. The van der Waals surface area contributed by atoms with E-state index >= 15 is 0 Å². The Morgan fingerprint density at radius 3 is 2.67 bits per heavy atom. The zero-order valence-corrected chi connectivity index (χ0v) is 13.2. The molecule has 0 aliphatic carbocycles. The van der Waals surface area contributed by atoms with Gasteiger partial charge in [0.15, 0.2) is 0 Å². The molecule has 0 heterocycles. The number of carbonyl (C=O) groups is 1. The van der Waals surface area contributed by atoms with Gasteiger partial charge in [0, 0.05) is 6.54 Å². The van der Waals surface area contributed by atoms with Gasteiger partial charge in [0.2, 0.25) is 10.0 Å². The molecule has 0 saturated heterocycles. The van der Waals surface area contributed by atoms with Crippen LogP contribution in [0.2, 0.25) is 0 Å². The second-order valence-corrected chi connectivity index (χ2v) is 6.33. The van der Waals surface area contributed by atoms with Crippen molar-refractivity contribution in [1.82, 2.24) is 4.72 Å². The summed E-state index contributed by atoms with van der Waals surface area (Å²) in [5.41, 5.74) is 6.17. The predicted molar refractivity (Wildman–Crippen MR) is 80.6 cm³/mol. The summed E-state index contributed by atoms with van der Waals surface area (Å²) in [5, 5.41) is 0. The number of esters is 1. The maximum Gasteiger partial charge on any atom is 0.338 e. The van der Waals surface area contributed by atoms with Crippen LogP contribution in [0.15, 0.2) is 23.1 Å². The summed E-state index contributed by atoms with van der Waals surface area (Å²) < 4.78 is 31.9. The molecule has 0 radical (unpaired) electrons. The first-order valence-electron chi connectivity index (χ1n) is 6.90. The number of hydrogen-bond donors (Lipinski definition) is 2. The van der Waals surface area contributed by atoms with Crippen molar-refractivity contribution in [1.29, 1.82) is 0 Å².